The van der Waals surface area contributed by atoms with Crippen LogP contribution < -0.4 is 10.6 Å². The van der Waals surface area contributed by atoms with Gasteiger partial charge >= 0.3 is 0 Å². The van der Waals surface area contributed by atoms with Gasteiger partial charge in [-0.1, -0.05) is 6.92 Å². The van der Waals surface area contributed by atoms with Crippen LogP contribution in [0, 0.1) is 13.8 Å². The fraction of sp³-hybridized carbons (Fsp3) is 0.500. The summed E-state index contributed by atoms with van der Waals surface area (Å²) < 4.78 is 1.84. The highest BCUT2D eigenvalue weighted by Crippen LogP contribution is 2.20. The van der Waals surface area contributed by atoms with Gasteiger partial charge in [-0.05, 0) is 49.9 Å². The summed E-state index contributed by atoms with van der Waals surface area (Å²) in [6.45, 7) is 9.15. The van der Waals surface area contributed by atoms with Crippen LogP contribution >= 0.6 is 24.8 Å². The van der Waals surface area contributed by atoms with E-state index in [-0.39, 0.29) is 30.7 Å². The summed E-state index contributed by atoms with van der Waals surface area (Å²) in [4.78, 5) is 17.0. The van der Waals surface area contributed by atoms with Crippen LogP contribution in [0.5, 0.6) is 0 Å². The molecule has 0 atom stereocenters. The topological polar surface area (TPSA) is 71.8 Å². The van der Waals surface area contributed by atoms with Gasteiger partial charge in [-0.2, -0.15) is 5.10 Å². The predicted molar refractivity (Wildman–Crippen MR) is 107 cm³/mol. The molecule has 0 aliphatic carbocycles. The second-order valence-corrected chi connectivity index (χ2v) is 6.33. The molecule has 3 heterocycles. The molecule has 3 rings (SSSR count). The third kappa shape index (κ3) is 4.75. The van der Waals surface area contributed by atoms with Crippen molar-refractivity contribution in [2.75, 3.05) is 6.54 Å². The van der Waals surface area contributed by atoms with E-state index in [1.807, 2.05) is 30.9 Å². The fourth-order valence-corrected chi connectivity index (χ4v) is 3.23. The molecule has 2 aromatic heterocycles. The van der Waals surface area contributed by atoms with Gasteiger partial charge in [0, 0.05) is 37.7 Å². The monoisotopic (exact) mass is 399 g/mol. The molecule has 6 nitrogen and oxygen atoms in total. The van der Waals surface area contributed by atoms with Gasteiger partial charge in [0.25, 0.3) is 5.91 Å². The van der Waals surface area contributed by atoms with Crippen molar-refractivity contribution in [3.8, 4) is 0 Å². The second kappa shape index (κ2) is 9.90. The maximum Gasteiger partial charge on any atom is 0.255 e. The Morgan fingerprint density at radius 1 is 1.31 bits per heavy atom. The summed E-state index contributed by atoms with van der Waals surface area (Å²) in [5.74, 6) is -0.0687. The van der Waals surface area contributed by atoms with Crippen molar-refractivity contribution in [1.29, 1.82) is 0 Å². The normalized spacial score (nSPS) is 12.6. The number of nitrogens with zero attached hydrogens (tertiary/aromatic N) is 3. The summed E-state index contributed by atoms with van der Waals surface area (Å²) >= 11 is 0. The van der Waals surface area contributed by atoms with Crippen molar-refractivity contribution in [2.45, 2.75) is 53.2 Å². The Kier molecular flexibility index (Phi) is 8.53. The summed E-state index contributed by atoms with van der Waals surface area (Å²) in [6, 6.07) is 0. The second-order valence-electron chi connectivity index (χ2n) is 6.33. The van der Waals surface area contributed by atoms with Crippen molar-refractivity contribution < 1.29 is 4.79 Å². The molecule has 0 saturated heterocycles. The molecule has 0 fully saturated rings. The number of rotatable bonds is 5. The minimum Gasteiger partial charge on any atom is -0.348 e. The lowest BCUT2D eigenvalue weighted by molar-refractivity contribution is 0.0950. The van der Waals surface area contributed by atoms with Crippen LogP contribution in [0.2, 0.25) is 0 Å². The average molecular weight is 400 g/mol. The van der Waals surface area contributed by atoms with E-state index in [1.54, 1.807) is 0 Å². The molecule has 2 N–H and O–H groups in total. The van der Waals surface area contributed by atoms with E-state index >= 15 is 0 Å². The smallest absolute Gasteiger partial charge is 0.255 e. The number of nitrogens with one attached hydrogen (secondary N) is 2. The summed E-state index contributed by atoms with van der Waals surface area (Å²) in [5.41, 5.74) is 6.15. The molecule has 1 aliphatic heterocycles. The van der Waals surface area contributed by atoms with Gasteiger partial charge in [-0.15, -0.1) is 24.8 Å². The van der Waals surface area contributed by atoms with Gasteiger partial charge in [0.2, 0.25) is 0 Å². The van der Waals surface area contributed by atoms with Gasteiger partial charge in [-0.25, -0.2) is 0 Å². The molecule has 1 amide bonds. The minimum absolute atomic E-state index is 0. The van der Waals surface area contributed by atoms with Crippen LogP contribution in [0.3, 0.4) is 0 Å². The maximum absolute atomic E-state index is 12.5. The number of hydrogen-bond donors (Lipinski definition) is 2. The summed E-state index contributed by atoms with van der Waals surface area (Å²) in [7, 11) is 0. The van der Waals surface area contributed by atoms with E-state index in [0.29, 0.717) is 12.1 Å². The molecule has 26 heavy (non-hydrogen) atoms. The van der Waals surface area contributed by atoms with E-state index in [1.165, 1.54) is 11.1 Å². The number of halogens is 2. The Morgan fingerprint density at radius 2 is 2.08 bits per heavy atom. The first-order chi connectivity index (χ1) is 11.6. The van der Waals surface area contributed by atoms with E-state index < -0.39 is 0 Å². The van der Waals surface area contributed by atoms with Crippen LogP contribution in [0.1, 0.15) is 51.8 Å². The SMILES string of the molecule is CCCn1cc(C(=O)NCc2c(C)ncc3c2CCNC3)c(C)n1.Cl.Cl. The van der Waals surface area contributed by atoms with Crippen LogP contribution in [-0.2, 0) is 26.1 Å². The fourth-order valence-electron chi connectivity index (χ4n) is 3.23. The number of pyridine rings is 1. The van der Waals surface area contributed by atoms with Crippen molar-refractivity contribution in [3.63, 3.8) is 0 Å². The van der Waals surface area contributed by atoms with Gasteiger partial charge in [-0.3, -0.25) is 14.5 Å². The summed E-state index contributed by atoms with van der Waals surface area (Å²) in [5, 5.41) is 10.8. The number of aryl methyl sites for hydroxylation is 3. The molecule has 2 aromatic rings. The summed E-state index contributed by atoms with van der Waals surface area (Å²) in [6.07, 6.45) is 5.76. The third-order valence-electron chi connectivity index (χ3n) is 4.54. The standard InChI is InChI=1S/C18H25N5O.2ClH/c1-4-7-23-11-17(13(3)22-23)18(24)21-10-16-12(2)20-9-14-8-19-6-5-15(14)16;;/h9,11,19H,4-8,10H2,1-3H3,(H,21,24);2*1H. The Morgan fingerprint density at radius 3 is 2.81 bits per heavy atom. The maximum atomic E-state index is 12.5. The quantitative estimate of drug-likeness (QED) is 0.810. The van der Waals surface area contributed by atoms with E-state index in [4.69, 9.17) is 0 Å². The van der Waals surface area contributed by atoms with E-state index in [9.17, 15) is 4.79 Å². The van der Waals surface area contributed by atoms with Gasteiger partial charge < -0.3 is 10.6 Å². The minimum atomic E-state index is -0.0687. The zero-order valence-corrected chi connectivity index (χ0v) is 17.1. The molecule has 0 aromatic carbocycles. The molecule has 8 heteroatoms. The third-order valence-corrected chi connectivity index (χ3v) is 4.54. The molecule has 0 radical (unpaired) electrons. The lowest BCUT2D eigenvalue weighted by Gasteiger charge is -2.21. The van der Waals surface area contributed by atoms with Crippen molar-refractivity contribution in [2.24, 2.45) is 0 Å². The lowest BCUT2D eigenvalue weighted by atomic mass is 9.96. The zero-order valence-electron chi connectivity index (χ0n) is 15.5. The largest absolute Gasteiger partial charge is 0.348 e. The first kappa shape index (κ1) is 22.4. The molecule has 0 unspecified atom stereocenters. The number of fused-ring (bicyclic) bond motifs is 1. The molecule has 0 saturated carbocycles. The molecular formula is C18H27Cl2N5O. The molecule has 144 valence electrons. The van der Waals surface area contributed by atoms with Crippen molar-refractivity contribution in [1.82, 2.24) is 25.4 Å². The molecule has 0 bridgehead atoms. The Bertz CT molecular complexity index is 760. The predicted octanol–water partition coefficient (Wildman–Crippen LogP) is 2.72. The van der Waals surface area contributed by atoms with Gasteiger partial charge in [0.05, 0.1) is 11.3 Å². The molecule has 0 spiro atoms. The van der Waals surface area contributed by atoms with Crippen LogP contribution in [-0.4, -0.2) is 27.2 Å². The highest BCUT2D eigenvalue weighted by molar-refractivity contribution is 5.95. The molecule has 1 aliphatic rings. The van der Waals surface area contributed by atoms with Crippen LogP contribution in [0.15, 0.2) is 12.4 Å². The number of aromatic nitrogens is 3. The first-order valence-corrected chi connectivity index (χ1v) is 8.59. The number of amides is 1. The van der Waals surface area contributed by atoms with Crippen molar-refractivity contribution in [3.05, 3.63) is 46.0 Å². The number of hydrogen-bond acceptors (Lipinski definition) is 4. The Balaban J connectivity index is 0.00000169. The lowest BCUT2D eigenvalue weighted by Crippen LogP contribution is -2.29. The number of carbonyl (C=O) groups is 1. The van der Waals surface area contributed by atoms with E-state index in [0.717, 1.165) is 49.4 Å². The Labute approximate surface area is 167 Å². The average Bonchev–Trinajstić information content (AvgIpc) is 2.94. The molecular weight excluding hydrogens is 373 g/mol. The first-order valence-electron chi connectivity index (χ1n) is 8.59. The van der Waals surface area contributed by atoms with Crippen molar-refractivity contribution >= 4 is 30.7 Å². The Hall–Kier alpha value is -1.63. The van der Waals surface area contributed by atoms with E-state index in [2.05, 4.69) is 27.6 Å². The van der Waals surface area contributed by atoms with Gasteiger partial charge in [0.1, 0.15) is 0 Å². The van der Waals surface area contributed by atoms with Gasteiger partial charge in [0.15, 0.2) is 0 Å². The zero-order chi connectivity index (χ0) is 17.1. The number of carbonyl (C=O) groups excluding carboxylic acids is 1. The highest BCUT2D eigenvalue weighted by atomic mass is 35.5. The van der Waals surface area contributed by atoms with Crippen LogP contribution in [0.25, 0.3) is 0 Å². The highest BCUT2D eigenvalue weighted by Gasteiger charge is 2.18. The van der Waals surface area contributed by atoms with Crippen LogP contribution in [0.4, 0.5) is 0 Å².